The number of rotatable bonds is 1. The average Bonchev–Trinajstić information content (AvgIpc) is 1.68. The highest BCUT2D eigenvalue weighted by Gasteiger charge is 2.46. The van der Waals surface area contributed by atoms with E-state index in [1.54, 1.807) is 33.4 Å². The average molecular weight is 1240 g/mol. The van der Waals surface area contributed by atoms with Crippen LogP contribution in [0.4, 0.5) is 0 Å². The van der Waals surface area contributed by atoms with Gasteiger partial charge in [-0.1, -0.05) is 278 Å². The molecule has 0 aliphatic heterocycles. The monoisotopic (exact) mass is 1240 g/mol. The topological polar surface area (TPSA) is 0 Å². The van der Waals surface area contributed by atoms with E-state index < -0.39 is 0 Å². The van der Waals surface area contributed by atoms with Crippen molar-refractivity contribution in [1.29, 1.82) is 0 Å². The highest BCUT2D eigenvalue weighted by atomic mass is 14.5. The molecule has 12 rings (SSSR count). The van der Waals surface area contributed by atoms with Crippen LogP contribution in [0.25, 0.3) is 0 Å². The summed E-state index contributed by atoms with van der Waals surface area (Å²) in [6.07, 6.45) is 37.9. The molecule has 0 aromatic heterocycles. The van der Waals surface area contributed by atoms with E-state index in [9.17, 15) is 0 Å². The minimum atomic E-state index is 0.397. The van der Waals surface area contributed by atoms with Gasteiger partial charge >= 0.3 is 0 Å². The molecule has 0 amide bonds. The molecule has 9 saturated carbocycles. The summed E-state index contributed by atoms with van der Waals surface area (Å²) in [6.45, 7) is 77.6. The van der Waals surface area contributed by atoms with E-state index in [2.05, 4.69) is 265 Å². The molecular formula is C90H162. The van der Waals surface area contributed by atoms with Gasteiger partial charge in [0.25, 0.3) is 0 Å². The first kappa shape index (κ1) is 80.9. The summed E-state index contributed by atoms with van der Waals surface area (Å²) in [5.41, 5.74) is 12.0. The van der Waals surface area contributed by atoms with Gasteiger partial charge in [-0.25, -0.2) is 0 Å². The van der Waals surface area contributed by atoms with E-state index in [0.717, 1.165) is 148 Å². The number of allylic oxidation sites excluding steroid dienone is 12. The lowest BCUT2D eigenvalue weighted by Crippen LogP contribution is -2.35. The maximum Gasteiger partial charge on any atom is -0.0103 e. The molecule has 0 spiro atoms. The quantitative estimate of drug-likeness (QED) is 0.245. The molecule has 9 atom stereocenters. The fourth-order valence-corrected chi connectivity index (χ4v) is 19.8. The largest absolute Gasteiger partial charge is 0.0773 e. The van der Waals surface area contributed by atoms with Crippen molar-refractivity contribution < 1.29 is 0 Å². The highest BCUT2D eigenvalue weighted by molar-refractivity contribution is 5.46. The van der Waals surface area contributed by atoms with Gasteiger partial charge in [-0.15, -0.1) is 0 Å². The van der Waals surface area contributed by atoms with Crippen molar-refractivity contribution in [3.8, 4) is 0 Å². The zero-order chi connectivity index (χ0) is 68.5. The van der Waals surface area contributed by atoms with Crippen LogP contribution in [0.1, 0.15) is 331 Å². The number of hydrogen-bond acceptors (Lipinski definition) is 0. The Kier molecular flexibility index (Phi) is 31.1. The maximum absolute atomic E-state index is 2.68. The minimum Gasteiger partial charge on any atom is -0.0773 e. The third-order valence-corrected chi connectivity index (χ3v) is 28.0. The van der Waals surface area contributed by atoms with Crippen LogP contribution in [-0.4, -0.2) is 0 Å². The lowest BCUT2D eigenvalue weighted by molar-refractivity contribution is 0.248. The fourth-order valence-electron chi connectivity index (χ4n) is 19.8. The fraction of sp³-hybridized carbons (Fsp3) is 0.867. The smallest absolute Gasteiger partial charge is 0.0103 e. The molecule has 12 aliphatic rings. The van der Waals surface area contributed by atoms with E-state index in [1.807, 2.05) is 0 Å². The van der Waals surface area contributed by atoms with Crippen LogP contribution < -0.4 is 0 Å². The molecule has 0 nitrogen and oxygen atoms in total. The van der Waals surface area contributed by atoms with Gasteiger partial charge in [-0.2, -0.15) is 0 Å². The Hall–Kier alpha value is -1.56. The molecule has 0 heteroatoms. The third kappa shape index (κ3) is 21.0. The van der Waals surface area contributed by atoms with E-state index in [1.165, 1.54) is 103 Å². The summed E-state index contributed by atoms with van der Waals surface area (Å²) in [4.78, 5) is 0. The van der Waals surface area contributed by atoms with Crippen molar-refractivity contribution in [3.63, 3.8) is 0 Å². The van der Waals surface area contributed by atoms with Gasteiger partial charge in [-0.3, -0.25) is 0 Å². The molecule has 0 aromatic carbocycles. The molecule has 90 heavy (non-hydrogen) atoms. The van der Waals surface area contributed by atoms with Gasteiger partial charge in [0.2, 0.25) is 0 Å². The summed E-state index contributed by atoms with van der Waals surface area (Å²) < 4.78 is 0. The van der Waals surface area contributed by atoms with E-state index in [-0.39, 0.29) is 0 Å². The molecule has 0 saturated heterocycles. The molecule has 12 aliphatic carbocycles. The normalized spacial score (nSPS) is 41.3. The van der Waals surface area contributed by atoms with E-state index in [0.29, 0.717) is 21.7 Å². The molecule has 0 bridgehead atoms. The van der Waals surface area contributed by atoms with Crippen molar-refractivity contribution in [1.82, 2.24) is 0 Å². The van der Waals surface area contributed by atoms with Crippen LogP contribution >= 0.6 is 0 Å². The van der Waals surface area contributed by atoms with Gasteiger partial charge in [0, 0.05) is 0 Å². The van der Waals surface area contributed by atoms with Crippen LogP contribution in [0.2, 0.25) is 0 Å². The van der Waals surface area contributed by atoms with Crippen molar-refractivity contribution in [3.05, 3.63) is 69.9 Å². The molecule has 0 aromatic rings. The Morgan fingerprint density at radius 2 is 0.633 bits per heavy atom. The summed E-state index contributed by atoms with van der Waals surface area (Å²) in [7, 11) is 0. The van der Waals surface area contributed by atoms with E-state index in [4.69, 9.17) is 0 Å². The Morgan fingerprint density at radius 1 is 0.367 bits per heavy atom. The predicted molar refractivity (Wildman–Crippen MR) is 407 cm³/mol. The molecule has 0 heterocycles. The molecular weight excluding hydrogens is 1080 g/mol. The Morgan fingerprint density at radius 3 is 0.989 bits per heavy atom. The summed E-state index contributed by atoms with van der Waals surface area (Å²) in [6, 6.07) is 0. The van der Waals surface area contributed by atoms with Gasteiger partial charge in [0.15, 0.2) is 0 Å². The van der Waals surface area contributed by atoms with Crippen molar-refractivity contribution in [2.75, 3.05) is 0 Å². The second-order valence-electron chi connectivity index (χ2n) is 38.5. The predicted octanol–water partition coefficient (Wildman–Crippen LogP) is 28.8. The van der Waals surface area contributed by atoms with Crippen molar-refractivity contribution in [2.24, 2.45) is 170 Å². The van der Waals surface area contributed by atoms with Crippen LogP contribution in [0.5, 0.6) is 0 Å². The minimum absolute atomic E-state index is 0.397. The third-order valence-electron chi connectivity index (χ3n) is 28.0. The maximum atomic E-state index is 2.68. The van der Waals surface area contributed by atoms with Crippen molar-refractivity contribution in [2.45, 2.75) is 331 Å². The first-order valence-electron chi connectivity index (χ1n) is 39.9. The Labute approximate surface area is 567 Å². The molecule has 9 unspecified atom stereocenters. The SMILES string of the molecule is CC(C)(C)CC1CCC2C=C3CCCC3=CC21.CC(C)C.CC1C(C)C(C)C(C)C1C.CC1C(C)C(C)C(C)C1C.CC1C(C)C(C)C(C)C1C.CC1CCC2C=C3C(=CC12)C(C)(C)CCC3(C)C.CC1CCC2C=C3CC(C)(C)CC3=CC12.CCC.CCC. The van der Waals surface area contributed by atoms with Crippen LogP contribution in [-0.2, 0) is 0 Å². The van der Waals surface area contributed by atoms with Crippen molar-refractivity contribution >= 4 is 0 Å². The van der Waals surface area contributed by atoms with Crippen LogP contribution in [0.3, 0.4) is 0 Å². The lowest BCUT2D eigenvalue weighted by atomic mass is 9.57. The molecule has 0 radical (unpaired) electrons. The zero-order valence-corrected chi connectivity index (χ0v) is 67.2. The van der Waals surface area contributed by atoms with Gasteiger partial charge in [0.1, 0.15) is 0 Å². The first-order valence-corrected chi connectivity index (χ1v) is 39.9. The Balaban J connectivity index is 0.000000227. The standard InChI is InChI=1S/C18H28.C17H26.C15H22.3C10H20.C4H10.2C3H8/c1-12-6-7-13-10-15-16(11-14(12)13)18(4,5)9-8-17(15,2)3;1-17(2,3)11-15-8-7-14-9-12-5-4-6-13(12)10-16(14)15;1-10-4-5-11-6-12-8-15(2,3)9-13(12)7-14(10)11;3*1-6-7(2)9(4)10(5)8(6)3;1-4(2)3;2*1-3-2/h10-14H,6-9H2,1-5H3;9-10,14-16H,4-8,11H2,1-3H3;6-7,10-11,14H,4-5,8-9H2,1-3H3;3*6-10H,1-5H3;4H,1-3H3;2*3H2,1-2H3. The van der Waals surface area contributed by atoms with Crippen LogP contribution in [0, 0.1) is 170 Å². The number of fused-ring (bicyclic) bond motifs is 6. The first-order chi connectivity index (χ1) is 41.6. The number of hydrogen-bond donors (Lipinski definition) is 0. The second kappa shape index (κ2) is 34.6. The summed E-state index contributed by atoms with van der Waals surface area (Å²) in [5, 5.41) is 0. The van der Waals surface area contributed by atoms with E-state index >= 15 is 0 Å². The van der Waals surface area contributed by atoms with Gasteiger partial charge < -0.3 is 0 Å². The molecule has 522 valence electrons. The molecule has 9 fully saturated rings. The highest BCUT2D eigenvalue weighted by Crippen LogP contribution is 2.58. The second-order valence-corrected chi connectivity index (χ2v) is 38.5. The lowest BCUT2D eigenvalue weighted by Gasteiger charge is -2.47. The van der Waals surface area contributed by atoms with Gasteiger partial charge in [-0.05, 0) is 293 Å². The van der Waals surface area contributed by atoms with Gasteiger partial charge in [0.05, 0.1) is 0 Å². The summed E-state index contributed by atoms with van der Waals surface area (Å²) in [5.74, 6) is 22.8. The van der Waals surface area contributed by atoms with Crippen LogP contribution in [0.15, 0.2) is 69.9 Å². The molecule has 0 N–H and O–H groups in total. The summed E-state index contributed by atoms with van der Waals surface area (Å²) >= 11 is 0. The Bertz CT molecular complexity index is 2130. The zero-order valence-electron chi connectivity index (χ0n) is 67.2.